The first-order valence-corrected chi connectivity index (χ1v) is 12.2. The molecule has 2 atom stereocenters. The fraction of sp³-hybridized carbons (Fsp3) is 0.379. The molecule has 2 aromatic carbocycles. The number of carbonyl (C=O) groups excluding carboxylic acids is 2. The number of nitrogens with zero attached hydrogens (tertiary/aromatic N) is 2. The molecule has 0 bridgehead atoms. The number of nitrogens with one attached hydrogen (secondary N) is 1. The number of hydrogen-bond acceptors (Lipinski definition) is 4. The summed E-state index contributed by atoms with van der Waals surface area (Å²) in [5.41, 5.74) is 3.67. The van der Waals surface area contributed by atoms with Crippen LogP contribution >= 0.6 is 0 Å². The molecule has 35 heavy (non-hydrogen) atoms. The summed E-state index contributed by atoms with van der Waals surface area (Å²) in [6.07, 6.45) is 2.20. The third-order valence-corrected chi connectivity index (χ3v) is 6.55. The van der Waals surface area contributed by atoms with Gasteiger partial charge in [0.15, 0.2) is 5.76 Å². The Labute approximate surface area is 208 Å². The molecule has 1 N–H and O–H groups in total. The van der Waals surface area contributed by atoms with Crippen molar-refractivity contribution >= 4 is 23.2 Å². The fourth-order valence-corrected chi connectivity index (χ4v) is 4.23. The van der Waals surface area contributed by atoms with E-state index in [1.165, 1.54) is 6.26 Å². The highest BCUT2D eigenvalue weighted by molar-refractivity contribution is 6.02. The monoisotopic (exact) mass is 475 g/mol. The van der Waals surface area contributed by atoms with Gasteiger partial charge in [0.25, 0.3) is 5.91 Å². The van der Waals surface area contributed by atoms with Gasteiger partial charge in [-0.05, 0) is 60.7 Å². The molecule has 0 aliphatic rings. The Hall–Kier alpha value is -3.54. The van der Waals surface area contributed by atoms with Crippen LogP contribution in [0.15, 0.2) is 71.3 Å². The summed E-state index contributed by atoms with van der Waals surface area (Å²) in [7, 11) is 3.97. The Kier molecular flexibility index (Phi) is 8.74. The second-order valence-corrected chi connectivity index (χ2v) is 9.49. The van der Waals surface area contributed by atoms with Crippen LogP contribution in [-0.4, -0.2) is 36.9 Å². The van der Waals surface area contributed by atoms with Crippen molar-refractivity contribution < 1.29 is 14.0 Å². The van der Waals surface area contributed by atoms with Crippen LogP contribution in [0, 0.1) is 5.92 Å². The highest BCUT2D eigenvalue weighted by Crippen LogP contribution is 2.30. The van der Waals surface area contributed by atoms with Crippen molar-refractivity contribution in [3.05, 3.63) is 83.8 Å². The molecular formula is C29H37N3O3. The lowest BCUT2D eigenvalue weighted by molar-refractivity contribution is -0.136. The molecular weight excluding hydrogens is 438 g/mol. The molecule has 2 amide bonds. The van der Waals surface area contributed by atoms with Gasteiger partial charge in [-0.15, -0.1) is 0 Å². The van der Waals surface area contributed by atoms with Crippen molar-refractivity contribution in [1.29, 1.82) is 0 Å². The van der Waals surface area contributed by atoms with E-state index in [2.05, 4.69) is 33.0 Å². The van der Waals surface area contributed by atoms with Crippen LogP contribution in [0.4, 0.5) is 11.4 Å². The lowest BCUT2D eigenvalue weighted by Gasteiger charge is -2.36. The minimum absolute atomic E-state index is 0.0386. The van der Waals surface area contributed by atoms with E-state index >= 15 is 0 Å². The summed E-state index contributed by atoms with van der Waals surface area (Å²) in [6.45, 7) is 8.89. The number of rotatable bonds is 10. The maximum absolute atomic E-state index is 14.0. The first-order chi connectivity index (χ1) is 16.7. The first kappa shape index (κ1) is 26.1. The van der Waals surface area contributed by atoms with Gasteiger partial charge in [0.2, 0.25) is 5.91 Å². The van der Waals surface area contributed by atoms with Crippen LogP contribution in [0.3, 0.4) is 0 Å². The van der Waals surface area contributed by atoms with E-state index < -0.39 is 0 Å². The molecule has 0 spiro atoms. The Bertz CT molecular complexity index is 1110. The molecule has 6 nitrogen and oxygen atoms in total. The number of amides is 2. The zero-order chi connectivity index (χ0) is 25.5. The van der Waals surface area contributed by atoms with Gasteiger partial charge in [0.05, 0.1) is 12.2 Å². The summed E-state index contributed by atoms with van der Waals surface area (Å²) in [6, 6.07) is 19.1. The van der Waals surface area contributed by atoms with Gasteiger partial charge in [0, 0.05) is 38.1 Å². The maximum Gasteiger partial charge on any atom is 0.291 e. The Morgan fingerprint density at radius 2 is 1.69 bits per heavy atom. The van der Waals surface area contributed by atoms with Crippen LogP contribution in [0.1, 0.15) is 61.7 Å². The van der Waals surface area contributed by atoms with Gasteiger partial charge < -0.3 is 19.5 Å². The summed E-state index contributed by atoms with van der Waals surface area (Å²) >= 11 is 0. The number of carbonyl (C=O) groups is 2. The smallest absolute Gasteiger partial charge is 0.291 e. The van der Waals surface area contributed by atoms with Gasteiger partial charge in [-0.25, -0.2) is 0 Å². The first-order valence-electron chi connectivity index (χ1n) is 12.2. The molecule has 6 heteroatoms. The van der Waals surface area contributed by atoms with Crippen LogP contribution in [-0.2, 0) is 11.3 Å². The van der Waals surface area contributed by atoms with Crippen molar-refractivity contribution in [3.8, 4) is 0 Å². The third-order valence-electron chi connectivity index (χ3n) is 6.55. The number of anilines is 2. The number of benzene rings is 2. The van der Waals surface area contributed by atoms with E-state index in [1.807, 2.05) is 72.4 Å². The molecule has 186 valence electrons. The molecule has 0 saturated heterocycles. The van der Waals surface area contributed by atoms with Crippen molar-refractivity contribution in [2.24, 2.45) is 5.92 Å². The Balaban J connectivity index is 1.96. The van der Waals surface area contributed by atoms with Crippen LogP contribution < -0.4 is 10.2 Å². The molecule has 0 aliphatic heterocycles. The van der Waals surface area contributed by atoms with Gasteiger partial charge in [-0.1, -0.05) is 51.1 Å². The van der Waals surface area contributed by atoms with Crippen molar-refractivity contribution in [3.63, 3.8) is 0 Å². The predicted octanol–water partition coefficient (Wildman–Crippen LogP) is 6.16. The summed E-state index contributed by atoms with van der Waals surface area (Å²) in [5, 5.41) is 2.91. The summed E-state index contributed by atoms with van der Waals surface area (Å²) in [4.78, 5) is 30.5. The van der Waals surface area contributed by atoms with Gasteiger partial charge in [-0.2, -0.15) is 0 Å². The molecule has 3 aromatic rings. The van der Waals surface area contributed by atoms with Crippen LogP contribution in [0.5, 0.6) is 0 Å². The summed E-state index contributed by atoms with van der Waals surface area (Å²) in [5.74, 6) is 0.146. The van der Waals surface area contributed by atoms with Crippen LogP contribution in [0.2, 0.25) is 0 Å². The Morgan fingerprint density at radius 1 is 0.971 bits per heavy atom. The average Bonchev–Trinajstić information content (AvgIpc) is 3.38. The average molecular weight is 476 g/mol. The quantitative estimate of drug-likeness (QED) is 0.381. The molecule has 1 aromatic heterocycles. The molecule has 3 rings (SSSR count). The normalized spacial score (nSPS) is 12.8. The topological polar surface area (TPSA) is 65.8 Å². The predicted molar refractivity (Wildman–Crippen MR) is 142 cm³/mol. The molecule has 0 fully saturated rings. The minimum atomic E-state index is -0.308. The number of hydrogen-bond donors (Lipinski definition) is 1. The van der Waals surface area contributed by atoms with E-state index in [-0.39, 0.29) is 35.5 Å². The molecule has 0 radical (unpaired) electrons. The zero-order valence-corrected chi connectivity index (χ0v) is 21.6. The van der Waals surface area contributed by atoms with Crippen LogP contribution in [0.25, 0.3) is 0 Å². The fourth-order valence-electron chi connectivity index (χ4n) is 4.23. The second-order valence-electron chi connectivity index (χ2n) is 9.49. The van der Waals surface area contributed by atoms with E-state index in [9.17, 15) is 9.59 Å². The Morgan fingerprint density at radius 3 is 2.26 bits per heavy atom. The maximum atomic E-state index is 14.0. The zero-order valence-electron chi connectivity index (χ0n) is 21.6. The lowest BCUT2D eigenvalue weighted by atomic mass is 9.92. The van der Waals surface area contributed by atoms with Gasteiger partial charge in [0.1, 0.15) is 0 Å². The molecule has 1 heterocycles. The summed E-state index contributed by atoms with van der Waals surface area (Å²) < 4.78 is 5.22. The standard InChI is InChI=1S/C29H37N3O3/c1-7-25(22-12-9-8-10-13-22)29(34)32(21(4)20(2)3)19-23-18-24(15-16-26(23)31(5)6)30-28(33)27-14-11-17-35-27/h8-18,20-21,25H,7,19H2,1-6H3,(H,30,33)/t21-,25-/m1/s1. The highest BCUT2D eigenvalue weighted by Gasteiger charge is 2.30. The molecule has 0 saturated carbocycles. The van der Waals surface area contributed by atoms with E-state index in [0.717, 1.165) is 23.2 Å². The van der Waals surface area contributed by atoms with E-state index in [0.29, 0.717) is 12.2 Å². The SMILES string of the molecule is CC[C@@H](C(=O)N(Cc1cc(NC(=O)c2ccco2)ccc1N(C)C)[C@H](C)C(C)C)c1ccccc1. The third kappa shape index (κ3) is 6.32. The van der Waals surface area contributed by atoms with E-state index in [1.54, 1.807) is 12.1 Å². The minimum Gasteiger partial charge on any atom is -0.459 e. The molecule has 0 aliphatic carbocycles. The van der Waals surface area contributed by atoms with Crippen molar-refractivity contribution in [2.45, 2.75) is 52.6 Å². The largest absolute Gasteiger partial charge is 0.459 e. The van der Waals surface area contributed by atoms with Gasteiger partial charge >= 0.3 is 0 Å². The van der Waals surface area contributed by atoms with Crippen molar-refractivity contribution in [1.82, 2.24) is 4.90 Å². The number of furan rings is 1. The van der Waals surface area contributed by atoms with Gasteiger partial charge in [-0.3, -0.25) is 9.59 Å². The van der Waals surface area contributed by atoms with E-state index in [4.69, 9.17) is 4.42 Å². The van der Waals surface area contributed by atoms with Crippen molar-refractivity contribution in [2.75, 3.05) is 24.3 Å². The second kappa shape index (κ2) is 11.7. The lowest BCUT2D eigenvalue weighted by Crippen LogP contribution is -2.43. The highest BCUT2D eigenvalue weighted by atomic mass is 16.3. The molecule has 0 unspecified atom stereocenters.